The van der Waals surface area contributed by atoms with Gasteiger partial charge in [-0.2, -0.15) is 0 Å². The standard InChI is InChI=1S/C19H28N2S/c1-15(2)9-12-22-19-7-5-18(6-8-19)17(4)16(3)13-21-11-10-20-14-21/h5-8,10-11,14-17H,9,12-13H2,1-4H3. The second-order valence-corrected chi connectivity index (χ2v) is 7.79. The zero-order valence-corrected chi connectivity index (χ0v) is 15.0. The van der Waals surface area contributed by atoms with E-state index in [9.17, 15) is 0 Å². The monoisotopic (exact) mass is 316 g/mol. The first-order valence-corrected chi connectivity index (χ1v) is 9.23. The van der Waals surface area contributed by atoms with Gasteiger partial charge in [0.05, 0.1) is 6.33 Å². The van der Waals surface area contributed by atoms with Gasteiger partial charge in [-0.25, -0.2) is 4.98 Å². The highest BCUT2D eigenvalue weighted by Gasteiger charge is 2.14. The van der Waals surface area contributed by atoms with Gasteiger partial charge in [0.2, 0.25) is 0 Å². The lowest BCUT2D eigenvalue weighted by atomic mass is 9.89. The fourth-order valence-electron chi connectivity index (χ4n) is 2.49. The Labute approximate surface area is 139 Å². The lowest BCUT2D eigenvalue weighted by molar-refractivity contribution is 0.417. The molecule has 0 aliphatic rings. The molecule has 1 heterocycles. The molecule has 0 saturated carbocycles. The molecule has 1 aromatic heterocycles. The summed E-state index contributed by atoms with van der Waals surface area (Å²) >= 11 is 1.97. The summed E-state index contributed by atoms with van der Waals surface area (Å²) in [7, 11) is 0. The Morgan fingerprint density at radius 1 is 1.09 bits per heavy atom. The first-order valence-electron chi connectivity index (χ1n) is 8.24. The van der Waals surface area contributed by atoms with Crippen LogP contribution in [0.2, 0.25) is 0 Å². The Balaban J connectivity index is 1.88. The van der Waals surface area contributed by atoms with E-state index >= 15 is 0 Å². The van der Waals surface area contributed by atoms with Crippen molar-refractivity contribution in [3.05, 3.63) is 48.5 Å². The Kier molecular flexibility index (Phi) is 6.56. The van der Waals surface area contributed by atoms with Crippen LogP contribution in [0.15, 0.2) is 47.9 Å². The minimum absolute atomic E-state index is 0.553. The molecule has 120 valence electrons. The maximum absolute atomic E-state index is 4.12. The molecular weight excluding hydrogens is 288 g/mol. The maximum atomic E-state index is 4.12. The summed E-state index contributed by atoms with van der Waals surface area (Å²) in [6, 6.07) is 9.15. The summed E-state index contributed by atoms with van der Waals surface area (Å²) in [6.07, 6.45) is 7.07. The molecule has 2 rings (SSSR count). The van der Waals surface area contributed by atoms with Gasteiger partial charge in [-0.3, -0.25) is 0 Å². The lowest BCUT2D eigenvalue weighted by Crippen LogP contribution is -2.13. The molecule has 0 aliphatic heterocycles. The van der Waals surface area contributed by atoms with E-state index in [-0.39, 0.29) is 0 Å². The molecule has 0 fully saturated rings. The van der Waals surface area contributed by atoms with Crippen LogP contribution in [0.1, 0.15) is 45.6 Å². The maximum Gasteiger partial charge on any atom is 0.0945 e. The second kappa shape index (κ2) is 8.42. The largest absolute Gasteiger partial charge is 0.337 e. The summed E-state index contributed by atoms with van der Waals surface area (Å²) in [5.41, 5.74) is 1.43. The van der Waals surface area contributed by atoms with Gasteiger partial charge in [0.1, 0.15) is 0 Å². The number of benzene rings is 1. The first-order chi connectivity index (χ1) is 10.6. The van der Waals surface area contributed by atoms with Crippen LogP contribution in [0, 0.1) is 11.8 Å². The number of nitrogens with zero attached hydrogens (tertiary/aromatic N) is 2. The van der Waals surface area contributed by atoms with Gasteiger partial charge in [0, 0.05) is 23.8 Å². The van der Waals surface area contributed by atoms with Crippen LogP contribution in [-0.2, 0) is 6.54 Å². The van der Waals surface area contributed by atoms with Gasteiger partial charge in [-0.15, -0.1) is 11.8 Å². The zero-order valence-electron chi connectivity index (χ0n) is 14.2. The van der Waals surface area contributed by atoms with E-state index in [0.29, 0.717) is 11.8 Å². The molecule has 0 radical (unpaired) electrons. The van der Waals surface area contributed by atoms with Crippen molar-refractivity contribution in [2.45, 2.75) is 51.5 Å². The van der Waals surface area contributed by atoms with Crippen LogP contribution in [0.4, 0.5) is 0 Å². The molecule has 22 heavy (non-hydrogen) atoms. The van der Waals surface area contributed by atoms with Gasteiger partial charge in [0.25, 0.3) is 0 Å². The highest BCUT2D eigenvalue weighted by atomic mass is 32.2. The molecule has 0 N–H and O–H groups in total. The molecule has 0 amide bonds. The van der Waals surface area contributed by atoms with Crippen molar-refractivity contribution in [2.24, 2.45) is 11.8 Å². The van der Waals surface area contributed by atoms with Gasteiger partial charge in [0.15, 0.2) is 0 Å². The van der Waals surface area contributed by atoms with E-state index < -0.39 is 0 Å². The number of imidazole rings is 1. The summed E-state index contributed by atoms with van der Waals surface area (Å²) in [5, 5.41) is 0. The van der Waals surface area contributed by atoms with E-state index in [1.165, 1.54) is 22.6 Å². The third-order valence-corrected chi connectivity index (χ3v) is 5.33. The van der Waals surface area contributed by atoms with Crippen molar-refractivity contribution < 1.29 is 0 Å². The van der Waals surface area contributed by atoms with Crippen LogP contribution < -0.4 is 0 Å². The van der Waals surface area contributed by atoms with E-state index in [1.807, 2.05) is 30.5 Å². The van der Waals surface area contributed by atoms with Crippen LogP contribution in [0.5, 0.6) is 0 Å². The third kappa shape index (κ3) is 5.20. The molecule has 0 bridgehead atoms. The van der Waals surface area contributed by atoms with Crippen molar-refractivity contribution in [1.82, 2.24) is 9.55 Å². The molecule has 2 unspecified atom stereocenters. The predicted molar refractivity (Wildman–Crippen MR) is 96.4 cm³/mol. The number of hydrogen-bond donors (Lipinski definition) is 0. The molecule has 0 aliphatic carbocycles. The third-order valence-electron chi connectivity index (χ3n) is 4.28. The van der Waals surface area contributed by atoms with Crippen molar-refractivity contribution in [3.63, 3.8) is 0 Å². The number of aromatic nitrogens is 2. The van der Waals surface area contributed by atoms with E-state index in [2.05, 4.69) is 61.5 Å². The predicted octanol–water partition coefficient (Wildman–Crippen LogP) is 5.46. The van der Waals surface area contributed by atoms with Crippen molar-refractivity contribution >= 4 is 11.8 Å². The van der Waals surface area contributed by atoms with Gasteiger partial charge >= 0.3 is 0 Å². The second-order valence-electron chi connectivity index (χ2n) is 6.63. The molecule has 2 atom stereocenters. The SMILES string of the molecule is CC(C)CCSc1ccc(C(C)C(C)Cn2ccnc2)cc1. The molecule has 0 saturated heterocycles. The average Bonchev–Trinajstić information content (AvgIpc) is 3.00. The van der Waals surface area contributed by atoms with E-state index in [1.54, 1.807) is 0 Å². The molecule has 3 heteroatoms. The highest BCUT2D eigenvalue weighted by Crippen LogP contribution is 2.28. The zero-order chi connectivity index (χ0) is 15.9. The lowest BCUT2D eigenvalue weighted by Gasteiger charge is -2.21. The van der Waals surface area contributed by atoms with Crippen LogP contribution in [-0.4, -0.2) is 15.3 Å². The fraction of sp³-hybridized carbons (Fsp3) is 0.526. The summed E-state index contributed by atoms with van der Waals surface area (Å²) in [5.74, 6) is 3.14. The Hall–Kier alpha value is -1.22. The minimum Gasteiger partial charge on any atom is -0.337 e. The van der Waals surface area contributed by atoms with Crippen LogP contribution >= 0.6 is 11.8 Å². The summed E-state index contributed by atoms with van der Waals surface area (Å²) < 4.78 is 2.16. The van der Waals surface area contributed by atoms with Crippen molar-refractivity contribution in [3.8, 4) is 0 Å². The Morgan fingerprint density at radius 2 is 1.82 bits per heavy atom. The normalized spacial score (nSPS) is 14.2. The van der Waals surface area contributed by atoms with Crippen molar-refractivity contribution in [2.75, 3.05) is 5.75 Å². The van der Waals surface area contributed by atoms with E-state index in [0.717, 1.165) is 12.5 Å². The van der Waals surface area contributed by atoms with Crippen LogP contribution in [0.25, 0.3) is 0 Å². The smallest absolute Gasteiger partial charge is 0.0945 e. The Bertz CT molecular complexity index is 531. The molecular formula is C19H28N2S. The summed E-state index contributed by atoms with van der Waals surface area (Å²) in [6.45, 7) is 10.2. The number of rotatable bonds is 8. The molecule has 1 aromatic carbocycles. The summed E-state index contributed by atoms with van der Waals surface area (Å²) in [4.78, 5) is 5.51. The van der Waals surface area contributed by atoms with Gasteiger partial charge in [-0.05, 0) is 47.6 Å². The quantitative estimate of drug-likeness (QED) is 0.602. The molecule has 2 aromatic rings. The van der Waals surface area contributed by atoms with Gasteiger partial charge < -0.3 is 4.57 Å². The molecule has 2 nitrogen and oxygen atoms in total. The topological polar surface area (TPSA) is 17.8 Å². The van der Waals surface area contributed by atoms with Gasteiger partial charge in [-0.1, -0.05) is 39.8 Å². The average molecular weight is 317 g/mol. The minimum atomic E-state index is 0.553. The number of thioether (sulfide) groups is 1. The Morgan fingerprint density at radius 3 is 2.41 bits per heavy atom. The molecule has 0 spiro atoms. The van der Waals surface area contributed by atoms with Crippen LogP contribution in [0.3, 0.4) is 0 Å². The highest BCUT2D eigenvalue weighted by molar-refractivity contribution is 7.99. The van der Waals surface area contributed by atoms with Crippen molar-refractivity contribution in [1.29, 1.82) is 0 Å². The fourth-order valence-corrected chi connectivity index (χ4v) is 3.65. The first kappa shape index (κ1) is 17.1. The number of hydrogen-bond acceptors (Lipinski definition) is 2. The van der Waals surface area contributed by atoms with E-state index in [4.69, 9.17) is 0 Å².